The second kappa shape index (κ2) is 10.8. The maximum atomic E-state index is 13.9. The average Bonchev–Trinajstić information content (AvgIpc) is 3.55. The fourth-order valence-electron chi connectivity index (χ4n) is 5.53. The summed E-state index contributed by atoms with van der Waals surface area (Å²) >= 11 is 6.29. The average molecular weight is 538 g/mol. The number of likely N-dealkylation sites (tertiary alicyclic amines) is 1. The first kappa shape index (κ1) is 26.3. The number of rotatable bonds is 5. The van der Waals surface area contributed by atoms with Crippen molar-refractivity contribution in [3.8, 4) is 0 Å². The fraction of sp³-hybridized carbons (Fsp3) is 0.500. The standard InChI is InChI=1S/C28H36ClN7O2/c1-5-19-11-13-34(17-19)26-18(2)16-36-25(31-26)15-23(32-36)24-8-6-7-12-35(24)27(37)21-14-20(29)9-10-22(21)30-28(38)33(3)4/h9-10,14-16,19,24H,5-8,11-13,17H2,1-4H3,(H,30,38)/t19-,24-/m0/s1. The van der Waals surface area contributed by atoms with Crippen molar-refractivity contribution >= 4 is 40.7 Å². The van der Waals surface area contributed by atoms with Gasteiger partial charge in [0, 0.05) is 56.6 Å². The van der Waals surface area contributed by atoms with Crippen molar-refractivity contribution in [1.82, 2.24) is 24.4 Å². The Hall–Kier alpha value is -3.33. The third kappa shape index (κ3) is 5.16. The molecule has 2 aliphatic rings. The molecule has 0 radical (unpaired) electrons. The number of hydrogen-bond acceptors (Lipinski definition) is 5. The predicted octanol–water partition coefficient (Wildman–Crippen LogP) is 5.39. The Balaban J connectivity index is 1.45. The zero-order chi connectivity index (χ0) is 27.0. The molecule has 202 valence electrons. The van der Waals surface area contributed by atoms with Gasteiger partial charge in [0.25, 0.3) is 5.91 Å². The van der Waals surface area contributed by atoms with E-state index in [4.69, 9.17) is 21.7 Å². The highest BCUT2D eigenvalue weighted by Crippen LogP contribution is 2.34. The van der Waals surface area contributed by atoms with Crippen molar-refractivity contribution in [2.75, 3.05) is 43.9 Å². The van der Waals surface area contributed by atoms with E-state index in [-0.39, 0.29) is 18.0 Å². The molecule has 2 aliphatic heterocycles. The van der Waals surface area contributed by atoms with Gasteiger partial charge in [-0.25, -0.2) is 14.3 Å². The summed E-state index contributed by atoms with van der Waals surface area (Å²) in [6.07, 6.45) is 7.16. The van der Waals surface area contributed by atoms with Gasteiger partial charge < -0.3 is 20.0 Å². The molecule has 0 unspecified atom stereocenters. The number of fused-ring (bicyclic) bond motifs is 1. The smallest absolute Gasteiger partial charge is 0.321 e. The molecule has 38 heavy (non-hydrogen) atoms. The van der Waals surface area contributed by atoms with Crippen LogP contribution in [0.2, 0.25) is 5.02 Å². The molecule has 9 nitrogen and oxygen atoms in total. The van der Waals surface area contributed by atoms with Crippen LogP contribution in [0.25, 0.3) is 5.65 Å². The number of urea groups is 1. The molecule has 0 bridgehead atoms. The van der Waals surface area contributed by atoms with E-state index in [2.05, 4.69) is 24.1 Å². The number of amides is 3. The number of nitrogens with one attached hydrogen (secondary N) is 1. The third-order valence-corrected chi connectivity index (χ3v) is 7.99. The highest BCUT2D eigenvalue weighted by atomic mass is 35.5. The highest BCUT2D eigenvalue weighted by molar-refractivity contribution is 6.31. The molecule has 2 atom stereocenters. The molecule has 0 saturated carbocycles. The summed E-state index contributed by atoms with van der Waals surface area (Å²) in [7, 11) is 3.31. The molecule has 2 saturated heterocycles. The quantitative estimate of drug-likeness (QED) is 0.471. The van der Waals surface area contributed by atoms with Gasteiger partial charge in [0.15, 0.2) is 5.65 Å². The van der Waals surface area contributed by atoms with Crippen LogP contribution in [-0.4, -0.2) is 70.1 Å². The summed E-state index contributed by atoms with van der Waals surface area (Å²) in [6.45, 7) is 7.01. The topological polar surface area (TPSA) is 86.1 Å². The maximum Gasteiger partial charge on any atom is 0.321 e. The van der Waals surface area contributed by atoms with E-state index >= 15 is 0 Å². The van der Waals surface area contributed by atoms with E-state index in [0.29, 0.717) is 28.7 Å². The Bertz CT molecular complexity index is 1350. The van der Waals surface area contributed by atoms with Crippen LogP contribution in [0.1, 0.15) is 66.7 Å². The Morgan fingerprint density at radius 1 is 1.16 bits per heavy atom. The van der Waals surface area contributed by atoms with E-state index in [0.717, 1.165) is 55.1 Å². The van der Waals surface area contributed by atoms with E-state index in [9.17, 15) is 9.59 Å². The number of halogens is 1. The van der Waals surface area contributed by atoms with Crippen LogP contribution in [0.3, 0.4) is 0 Å². The summed E-state index contributed by atoms with van der Waals surface area (Å²) in [5, 5.41) is 8.14. The SMILES string of the molecule is CC[C@H]1CCN(c2nc3cc([C@@H]4CCCCN4C(=O)c4cc(Cl)ccc4NC(=O)N(C)C)nn3cc2C)C1. The predicted molar refractivity (Wildman–Crippen MR) is 150 cm³/mol. The van der Waals surface area contributed by atoms with Gasteiger partial charge in [-0.2, -0.15) is 5.10 Å². The minimum absolute atomic E-state index is 0.171. The van der Waals surface area contributed by atoms with Gasteiger partial charge in [0.1, 0.15) is 5.82 Å². The van der Waals surface area contributed by atoms with Crippen molar-refractivity contribution < 1.29 is 9.59 Å². The fourth-order valence-corrected chi connectivity index (χ4v) is 5.70. The van der Waals surface area contributed by atoms with Crippen LogP contribution >= 0.6 is 11.6 Å². The molecule has 4 heterocycles. The molecule has 1 N–H and O–H groups in total. The van der Waals surface area contributed by atoms with Crippen LogP contribution < -0.4 is 10.2 Å². The Kier molecular flexibility index (Phi) is 7.47. The van der Waals surface area contributed by atoms with Crippen molar-refractivity contribution in [2.24, 2.45) is 5.92 Å². The van der Waals surface area contributed by atoms with Gasteiger partial charge in [-0.05, 0) is 56.7 Å². The van der Waals surface area contributed by atoms with Crippen molar-refractivity contribution in [3.63, 3.8) is 0 Å². The molecule has 3 aromatic rings. The lowest BCUT2D eigenvalue weighted by molar-refractivity contribution is 0.0607. The number of nitrogens with zero attached hydrogens (tertiary/aromatic N) is 6. The minimum atomic E-state index is -0.308. The third-order valence-electron chi connectivity index (χ3n) is 7.75. The first-order valence-corrected chi connectivity index (χ1v) is 13.8. The molecule has 3 amide bonds. The molecule has 0 aliphatic carbocycles. The number of anilines is 2. The van der Waals surface area contributed by atoms with E-state index in [1.54, 1.807) is 32.3 Å². The molecule has 10 heteroatoms. The largest absolute Gasteiger partial charge is 0.356 e. The van der Waals surface area contributed by atoms with Crippen LogP contribution in [0, 0.1) is 12.8 Å². The monoisotopic (exact) mass is 537 g/mol. The molecule has 5 rings (SSSR count). The summed E-state index contributed by atoms with van der Waals surface area (Å²) in [6, 6.07) is 6.50. The zero-order valence-corrected chi connectivity index (χ0v) is 23.3. The second-order valence-corrected chi connectivity index (χ2v) is 11.1. The van der Waals surface area contributed by atoms with Crippen molar-refractivity contribution in [2.45, 2.75) is 52.0 Å². The number of hydrogen-bond donors (Lipinski definition) is 1. The van der Waals surface area contributed by atoms with Crippen molar-refractivity contribution in [1.29, 1.82) is 0 Å². The number of carbonyl (C=O) groups excluding carboxylic acids is 2. The highest BCUT2D eigenvalue weighted by Gasteiger charge is 2.32. The van der Waals surface area contributed by atoms with E-state index in [1.165, 1.54) is 17.7 Å². The normalized spacial score (nSPS) is 19.7. The van der Waals surface area contributed by atoms with Gasteiger partial charge in [-0.1, -0.05) is 24.9 Å². The second-order valence-electron chi connectivity index (χ2n) is 10.7. The van der Waals surface area contributed by atoms with E-state index in [1.807, 2.05) is 21.7 Å². The van der Waals surface area contributed by atoms with Gasteiger partial charge in [0.2, 0.25) is 0 Å². The van der Waals surface area contributed by atoms with Crippen LogP contribution in [0.15, 0.2) is 30.5 Å². The minimum Gasteiger partial charge on any atom is -0.356 e. The number of aromatic nitrogens is 3. The Morgan fingerprint density at radius 2 is 1.97 bits per heavy atom. The number of carbonyl (C=O) groups is 2. The lowest BCUT2D eigenvalue weighted by Gasteiger charge is -2.35. The first-order valence-electron chi connectivity index (χ1n) is 13.5. The van der Waals surface area contributed by atoms with Crippen LogP contribution in [0.4, 0.5) is 16.3 Å². The van der Waals surface area contributed by atoms with Gasteiger partial charge in [0.05, 0.1) is 23.0 Å². The number of benzene rings is 1. The molecule has 2 aromatic heterocycles. The molecule has 0 spiro atoms. The number of aryl methyl sites for hydroxylation is 1. The maximum absolute atomic E-state index is 13.9. The van der Waals surface area contributed by atoms with Crippen LogP contribution in [0.5, 0.6) is 0 Å². The summed E-state index contributed by atoms with van der Waals surface area (Å²) in [5.41, 5.74) is 3.53. The summed E-state index contributed by atoms with van der Waals surface area (Å²) < 4.78 is 1.83. The zero-order valence-electron chi connectivity index (χ0n) is 22.6. The summed E-state index contributed by atoms with van der Waals surface area (Å²) in [4.78, 5) is 36.9. The van der Waals surface area contributed by atoms with Gasteiger partial charge in [-0.3, -0.25) is 4.79 Å². The first-order chi connectivity index (χ1) is 18.2. The lowest BCUT2D eigenvalue weighted by atomic mass is 9.98. The molecule has 1 aromatic carbocycles. The van der Waals surface area contributed by atoms with Gasteiger partial charge in [-0.15, -0.1) is 0 Å². The molecular formula is C28H36ClN7O2. The van der Waals surface area contributed by atoms with Gasteiger partial charge >= 0.3 is 6.03 Å². The molecule has 2 fully saturated rings. The van der Waals surface area contributed by atoms with E-state index < -0.39 is 0 Å². The summed E-state index contributed by atoms with van der Waals surface area (Å²) in [5.74, 6) is 1.57. The Morgan fingerprint density at radius 3 is 2.71 bits per heavy atom. The molecular weight excluding hydrogens is 502 g/mol. The number of piperidine rings is 1. The Labute approximate surface area is 228 Å². The lowest BCUT2D eigenvalue weighted by Crippen LogP contribution is -2.39. The van der Waals surface area contributed by atoms with Crippen LogP contribution in [-0.2, 0) is 0 Å². The van der Waals surface area contributed by atoms with Crippen molar-refractivity contribution in [3.05, 3.63) is 52.3 Å².